The van der Waals surface area contributed by atoms with Gasteiger partial charge in [-0.2, -0.15) is 0 Å². The van der Waals surface area contributed by atoms with Gasteiger partial charge < -0.3 is 10.4 Å². The molecule has 1 heterocycles. The van der Waals surface area contributed by atoms with Crippen molar-refractivity contribution in [1.82, 2.24) is 10.3 Å². The lowest BCUT2D eigenvalue weighted by atomic mass is 10.2. The van der Waals surface area contributed by atoms with Crippen LogP contribution in [0.4, 0.5) is 0 Å². The van der Waals surface area contributed by atoms with Crippen LogP contribution in [0.25, 0.3) is 0 Å². The summed E-state index contributed by atoms with van der Waals surface area (Å²) in [5, 5.41) is 14.7. The van der Waals surface area contributed by atoms with Gasteiger partial charge in [-0.25, -0.2) is 4.98 Å². The van der Waals surface area contributed by atoms with Gasteiger partial charge in [0.25, 0.3) is 0 Å². The Balaban J connectivity index is 2.19. The van der Waals surface area contributed by atoms with Gasteiger partial charge in [0.2, 0.25) is 0 Å². The van der Waals surface area contributed by atoms with Gasteiger partial charge in [-0.3, -0.25) is 0 Å². The first-order chi connectivity index (χ1) is 6.74. The van der Waals surface area contributed by atoms with Crippen LogP contribution in [0.5, 0.6) is 0 Å². The Kier molecular flexibility index (Phi) is 5.07. The molecule has 0 amide bonds. The Hall–Kier alpha value is -0.450. The molecule has 0 aromatic carbocycles. The minimum Gasteiger partial charge on any atom is -0.393 e. The third kappa shape index (κ3) is 3.74. The predicted octanol–water partition coefficient (Wildman–Crippen LogP) is 1.95. The molecule has 0 saturated carbocycles. The van der Waals surface area contributed by atoms with Crippen molar-refractivity contribution in [3.8, 4) is 0 Å². The molecule has 1 aromatic heterocycles. The number of aliphatic hydroxyl groups is 1. The molecule has 0 radical (unpaired) electrons. The monoisotopic (exact) mass is 214 g/mol. The summed E-state index contributed by atoms with van der Waals surface area (Å²) in [7, 11) is 0. The first-order valence-corrected chi connectivity index (χ1v) is 5.97. The average Bonchev–Trinajstić information content (AvgIpc) is 2.70. The Morgan fingerprint density at radius 3 is 3.00 bits per heavy atom. The van der Waals surface area contributed by atoms with Crippen LogP contribution < -0.4 is 5.32 Å². The van der Waals surface area contributed by atoms with E-state index in [1.807, 2.05) is 17.8 Å². The first kappa shape index (κ1) is 11.6. The number of nitrogens with zero attached hydrogens (tertiary/aromatic N) is 1. The number of nitrogens with one attached hydrogen (secondary N) is 1. The van der Waals surface area contributed by atoms with E-state index in [0.29, 0.717) is 0 Å². The van der Waals surface area contributed by atoms with Crippen LogP contribution >= 0.6 is 11.3 Å². The van der Waals surface area contributed by atoms with Crippen LogP contribution in [0.15, 0.2) is 10.9 Å². The van der Waals surface area contributed by atoms with E-state index in [1.165, 1.54) is 0 Å². The van der Waals surface area contributed by atoms with Crippen LogP contribution in [0.2, 0.25) is 0 Å². The molecule has 0 bridgehead atoms. The van der Waals surface area contributed by atoms with Crippen molar-refractivity contribution in [3.63, 3.8) is 0 Å². The third-order valence-electron chi connectivity index (χ3n) is 2.29. The standard InChI is InChI=1S/C10H18N2OS/c1-3-9(13)4-5-11-8(2)10-6-14-7-12-10/h6-9,11,13H,3-5H2,1-2H3. The summed E-state index contributed by atoms with van der Waals surface area (Å²) >= 11 is 1.61. The molecule has 0 aliphatic heterocycles. The molecular weight excluding hydrogens is 196 g/mol. The van der Waals surface area contributed by atoms with E-state index in [9.17, 15) is 5.11 Å². The second-order valence-corrected chi connectivity index (χ2v) is 4.16. The van der Waals surface area contributed by atoms with Gasteiger partial charge in [-0.05, 0) is 26.3 Å². The van der Waals surface area contributed by atoms with Crippen molar-refractivity contribution in [2.75, 3.05) is 6.54 Å². The van der Waals surface area contributed by atoms with Crippen molar-refractivity contribution in [1.29, 1.82) is 0 Å². The smallest absolute Gasteiger partial charge is 0.0795 e. The fourth-order valence-corrected chi connectivity index (χ4v) is 1.86. The third-order valence-corrected chi connectivity index (χ3v) is 2.90. The van der Waals surface area contributed by atoms with Gasteiger partial charge in [-0.1, -0.05) is 6.92 Å². The first-order valence-electron chi connectivity index (χ1n) is 5.03. The maximum atomic E-state index is 9.35. The molecule has 2 atom stereocenters. The molecule has 0 aliphatic carbocycles. The average molecular weight is 214 g/mol. The van der Waals surface area contributed by atoms with Crippen LogP contribution in [0.1, 0.15) is 38.4 Å². The molecule has 14 heavy (non-hydrogen) atoms. The zero-order valence-corrected chi connectivity index (χ0v) is 9.55. The van der Waals surface area contributed by atoms with Gasteiger partial charge in [0.15, 0.2) is 0 Å². The topological polar surface area (TPSA) is 45.1 Å². The zero-order chi connectivity index (χ0) is 10.4. The lowest BCUT2D eigenvalue weighted by Crippen LogP contribution is -2.23. The maximum Gasteiger partial charge on any atom is 0.0795 e. The van der Waals surface area contributed by atoms with E-state index in [4.69, 9.17) is 0 Å². The normalized spacial score (nSPS) is 15.4. The van der Waals surface area contributed by atoms with E-state index in [1.54, 1.807) is 11.3 Å². The minimum atomic E-state index is -0.176. The summed E-state index contributed by atoms with van der Waals surface area (Å²) in [6.45, 7) is 4.93. The van der Waals surface area contributed by atoms with Crippen molar-refractivity contribution in [2.45, 2.75) is 38.8 Å². The van der Waals surface area contributed by atoms with Gasteiger partial charge in [-0.15, -0.1) is 11.3 Å². The zero-order valence-electron chi connectivity index (χ0n) is 8.73. The van der Waals surface area contributed by atoms with E-state index < -0.39 is 0 Å². The van der Waals surface area contributed by atoms with Crippen LogP contribution in [0.3, 0.4) is 0 Å². The molecule has 3 nitrogen and oxygen atoms in total. The summed E-state index contributed by atoms with van der Waals surface area (Å²) in [6.07, 6.45) is 1.46. The van der Waals surface area contributed by atoms with Gasteiger partial charge in [0, 0.05) is 11.4 Å². The second kappa shape index (κ2) is 6.11. The van der Waals surface area contributed by atoms with Gasteiger partial charge >= 0.3 is 0 Å². The molecule has 80 valence electrons. The van der Waals surface area contributed by atoms with Crippen LogP contribution in [0, 0.1) is 0 Å². The molecule has 0 saturated heterocycles. The highest BCUT2D eigenvalue weighted by molar-refractivity contribution is 7.07. The molecule has 0 spiro atoms. The lowest BCUT2D eigenvalue weighted by Gasteiger charge is -2.13. The van der Waals surface area contributed by atoms with Crippen molar-refractivity contribution in [2.24, 2.45) is 0 Å². The van der Waals surface area contributed by atoms with Crippen LogP contribution in [-0.2, 0) is 0 Å². The Morgan fingerprint density at radius 2 is 2.43 bits per heavy atom. The Morgan fingerprint density at radius 1 is 1.64 bits per heavy atom. The highest BCUT2D eigenvalue weighted by atomic mass is 32.1. The van der Waals surface area contributed by atoms with Crippen molar-refractivity contribution < 1.29 is 5.11 Å². The largest absolute Gasteiger partial charge is 0.393 e. The van der Waals surface area contributed by atoms with E-state index in [0.717, 1.165) is 25.1 Å². The molecular formula is C10H18N2OS. The molecule has 1 aromatic rings. The molecule has 0 fully saturated rings. The highest BCUT2D eigenvalue weighted by Gasteiger charge is 2.07. The number of aromatic nitrogens is 1. The summed E-state index contributed by atoms with van der Waals surface area (Å²) in [5.74, 6) is 0. The van der Waals surface area contributed by atoms with Gasteiger partial charge in [0.1, 0.15) is 0 Å². The van der Waals surface area contributed by atoms with Gasteiger partial charge in [0.05, 0.1) is 17.3 Å². The number of hydrogen-bond donors (Lipinski definition) is 2. The molecule has 0 aliphatic rings. The quantitative estimate of drug-likeness (QED) is 0.761. The minimum absolute atomic E-state index is 0.176. The summed E-state index contributed by atoms with van der Waals surface area (Å²) in [4.78, 5) is 4.23. The molecule has 4 heteroatoms. The number of thiazole rings is 1. The Labute approximate surface area is 89.2 Å². The lowest BCUT2D eigenvalue weighted by molar-refractivity contribution is 0.158. The molecule has 2 N–H and O–H groups in total. The predicted molar refractivity (Wildman–Crippen MR) is 59.4 cm³/mol. The Bertz CT molecular complexity index is 238. The molecule has 1 rings (SSSR count). The fraction of sp³-hybridized carbons (Fsp3) is 0.700. The van der Waals surface area contributed by atoms with Crippen molar-refractivity contribution in [3.05, 3.63) is 16.6 Å². The number of hydrogen-bond acceptors (Lipinski definition) is 4. The fourth-order valence-electron chi connectivity index (χ4n) is 1.21. The summed E-state index contributed by atoms with van der Waals surface area (Å²) in [6, 6.07) is 0.283. The highest BCUT2D eigenvalue weighted by Crippen LogP contribution is 2.11. The van der Waals surface area contributed by atoms with E-state index in [-0.39, 0.29) is 12.1 Å². The SMILES string of the molecule is CCC(O)CCNC(C)c1cscn1. The van der Waals surface area contributed by atoms with Crippen molar-refractivity contribution >= 4 is 11.3 Å². The second-order valence-electron chi connectivity index (χ2n) is 3.44. The van der Waals surface area contributed by atoms with Crippen LogP contribution in [-0.4, -0.2) is 22.7 Å². The van der Waals surface area contributed by atoms with E-state index in [2.05, 4.69) is 17.2 Å². The maximum absolute atomic E-state index is 9.35. The summed E-state index contributed by atoms with van der Waals surface area (Å²) in [5.41, 5.74) is 2.93. The number of aliphatic hydroxyl groups excluding tert-OH is 1. The number of rotatable bonds is 6. The molecule has 2 unspecified atom stereocenters. The van der Waals surface area contributed by atoms with E-state index >= 15 is 0 Å². The summed E-state index contributed by atoms with van der Waals surface area (Å²) < 4.78 is 0.